The largest absolute Gasteiger partial charge is 0.465 e. The molecule has 2 aromatic rings. The van der Waals surface area contributed by atoms with Crippen LogP contribution in [0.2, 0.25) is 0 Å². The minimum absolute atomic E-state index is 0.152. The van der Waals surface area contributed by atoms with Crippen molar-refractivity contribution in [3.8, 4) is 11.1 Å². The lowest BCUT2D eigenvalue weighted by Crippen LogP contribution is -2.62. The van der Waals surface area contributed by atoms with E-state index in [1.807, 2.05) is 37.3 Å². The van der Waals surface area contributed by atoms with E-state index >= 15 is 0 Å². The van der Waals surface area contributed by atoms with E-state index in [1.165, 1.54) is 0 Å². The van der Waals surface area contributed by atoms with Crippen LogP contribution >= 0.6 is 0 Å². The molecular weight excluding hydrogens is 450 g/mol. The lowest BCUT2D eigenvalue weighted by Gasteiger charge is -2.44. The molecule has 3 rings (SSSR count). The minimum atomic E-state index is -5.56. The first-order chi connectivity index (χ1) is 15.3. The quantitative estimate of drug-likeness (QED) is 0.564. The Labute approximate surface area is 187 Å². The van der Waals surface area contributed by atoms with E-state index < -0.39 is 37.0 Å². The van der Waals surface area contributed by atoms with Crippen molar-refractivity contribution in [1.29, 1.82) is 0 Å². The van der Waals surface area contributed by atoms with Gasteiger partial charge in [-0.3, -0.25) is 4.90 Å². The highest BCUT2D eigenvalue weighted by atomic mass is 19.4. The van der Waals surface area contributed by atoms with Crippen LogP contribution in [0.5, 0.6) is 0 Å². The molecule has 1 N–H and O–H groups in total. The summed E-state index contributed by atoms with van der Waals surface area (Å²) in [5, 5.41) is 9.17. The molecule has 0 spiro atoms. The lowest BCUT2D eigenvalue weighted by molar-refractivity contribution is -0.302. The first kappa shape index (κ1) is 24.9. The number of piperazine rings is 1. The van der Waals surface area contributed by atoms with Gasteiger partial charge in [-0.15, -0.1) is 0 Å². The third kappa shape index (κ3) is 5.79. The number of carboxylic acid groups (broad SMARTS) is 1. The predicted molar refractivity (Wildman–Crippen MR) is 111 cm³/mol. The van der Waals surface area contributed by atoms with Gasteiger partial charge < -0.3 is 10.0 Å². The van der Waals surface area contributed by atoms with Gasteiger partial charge in [0.05, 0.1) is 0 Å². The van der Waals surface area contributed by atoms with Gasteiger partial charge in [-0.05, 0) is 36.1 Å². The summed E-state index contributed by atoms with van der Waals surface area (Å²) in [6.45, 7) is 2.26. The molecule has 180 valence electrons. The molecule has 0 bridgehead atoms. The number of hydrogen-bond donors (Lipinski definition) is 1. The van der Waals surface area contributed by atoms with E-state index in [1.54, 1.807) is 19.1 Å². The SMILES string of the molecule is Cc1cccc(-c2ccc(CN3CCN(C(=O)O)CC3C(C(F)(F)F)C(F)(F)F)c(C)c2)c1. The molecule has 1 heterocycles. The van der Waals surface area contributed by atoms with Crippen LogP contribution in [0.3, 0.4) is 0 Å². The van der Waals surface area contributed by atoms with Gasteiger partial charge in [0.2, 0.25) is 0 Å². The first-order valence-corrected chi connectivity index (χ1v) is 10.3. The van der Waals surface area contributed by atoms with E-state index in [0.29, 0.717) is 10.5 Å². The van der Waals surface area contributed by atoms with Gasteiger partial charge in [0.1, 0.15) is 0 Å². The standard InChI is InChI=1S/C23H24F6N2O2/c1-14-4-3-5-16(10-14)17-6-7-18(15(2)11-17)12-30-8-9-31(21(32)33)13-19(30)20(22(24,25)26)23(27,28)29/h3-7,10-11,19-20H,8-9,12-13H2,1-2H3,(H,32,33). The summed E-state index contributed by atoms with van der Waals surface area (Å²) in [5.74, 6) is -3.65. The number of nitrogens with zero attached hydrogens (tertiary/aromatic N) is 2. The maximum absolute atomic E-state index is 13.5. The molecule has 2 aromatic carbocycles. The monoisotopic (exact) mass is 474 g/mol. The lowest BCUT2D eigenvalue weighted by atomic mass is 9.93. The maximum Gasteiger partial charge on any atom is 0.407 e. The van der Waals surface area contributed by atoms with Gasteiger partial charge in [0.15, 0.2) is 5.92 Å². The highest BCUT2D eigenvalue weighted by Crippen LogP contribution is 2.44. The van der Waals surface area contributed by atoms with E-state index in [2.05, 4.69) is 0 Å². The van der Waals surface area contributed by atoms with Crippen molar-refractivity contribution in [2.45, 2.75) is 38.8 Å². The van der Waals surface area contributed by atoms with Gasteiger partial charge in [-0.1, -0.05) is 48.0 Å². The van der Waals surface area contributed by atoms with Crippen molar-refractivity contribution < 1.29 is 36.2 Å². The Balaban J connectivity index is 1.92. The molecule has 33 heavy (non-hydrogen) atoms. The fourth-order valence-electron chi connectivity index (χ4n) is 4.25. The number of carbonyl (C=O) groups is 1. The summed E-state index contributed by atoms with van der Waals surface area (Å²) in [6.07, 6.45) is -12.7. The molecule has 0 aromatic heterocycles. The molecule has 4 nitrogen and oxygen atoms in total. The summed E-state index contributed by atoms with van der Waals surface area (Å²) in [4.78, 5) is 13.0. The Hall–Kier alpha value is -2.75. The minimum Gasteiger partial charge on any atom is -0.465 e. The van der Waals surface area contributed by atoms with E-state index in [-0.39, 0.29) is 19.6 Å². The smallest absolute Gasteiger partial charge is 0.407 e. The number of aryl methyl sites for hydroxylation is 2. The van der Waals surface area contributed by atoms with Crippen molar-refractivity contribution in [1.82, 2.24) is 9.80 Å². The Morgan fingerprint density at radius 3 is 2.18 bits per heavy atom. The fourth-order valence-corrected chi connectivity index (χ4v) is 4.25. The van der Waals surface area contributed by atoms with Gasteiger partial charge >= 0.3 is 18.4 Å². The number of amides is 1. The van der Waals surface area contributed by atoms with Crippen LogP contribution in [0.15, 0.2) is 42.5 Å². The summed E-state index contributed by atoms with van der Waals surface area (Å²) >= 11 is 0. The molecule has 1 saturated heterocycles. The number of rotatable bonds is 4. The number of hydrogen-bond acceptors (Lipinski definition) is 2. The number of alkyl halides is 6. The molecule has 1 amide bonds. The molecule has 10 heteroatoms. The Morgan fingerprint density at radius 2 is 1.64 bits per heavy atom. The van der Waals surface area contributed by atoms with Crippen LogP contribution in [0.25, 0.3) is 11.1 Å². The second kappa shape index (κ2) is 9.24. The summed E-state index contributed by atoms with van der Waals surface area (Å²) in [6, 6.07) is 11.0. The van der Waals surface area contributed by atoms with Crippen molar-refractivity contribution >= 4 is 6.09 Å². The highest BCUT2D eigenvalue weighted by molar-refractivity contribution is 5.66. The van der Waals surface area contributed by atoms with Crippen molar-refractivity contribution in [2.75, 3.05) is 19.6 Å². The second-order valence-electron chi connectivity index (χ2n) is 8.34. The van der Waals surface area contributed by atoms with Crippen molar-refractivity contribution in [3.63, 3.8) is 0 Å². The Morgan fingerprint density at radius 1 is 1.00 bits per heavy atom. The molecule has 1 atom stereocenters. The predicted octanol–water partition coefficient (Wildman–Crippen LogP) is 5.88. The Bertz CT molecular complexity index is 991. The van der Waals surface area contributed by atoms with Crippen LogP contribution in [0.4, 0.5) is 31.1 Å². The van der Waals surface area contributed by atoms with E-state index in [4.69, 9.17) is 5.11 Å². The Kier molecular flexibility index (Phi) is 6.97. The zero-order chi connectivity index (χ0) is 24.6. The second-order valence-corrected chi connectivity index (χ2v) is 8.34. The van der Waals surface area contributed by atoms with Crippen LogP contribution in [0, 0.1) is 19.8 Å². The molecular formula is C23H24F6N2O2. The fraction of sp³-hybridized carbons (Fsp3) is 0.435. The molecule has 0 aliphatic carbocycles. The summed E-state index contributed by atoms with van der Waals surface area (Å²) in [5.41, 5.74) is 4.20. The summed E-state index contributed by atoms with van der Waals surface area (Å²) in [7, 11) is 0. The normalized spacial score (nSPS) is 18.1. The van der Waals surface area contributed by atoms with E-state index in [9.17, 15) is 31.1 Å². The van der Waals surface area contributed by atoms with Gasteiger partial charge in [-0.2, -0.15) is 26.3 Å². The van der Waals surface area contributed by atoms with Crippen molar-refractivity contribution in [2.24, 2.45) is 5.92 Å². The zero-order valence-electron chi connectivity index (χ0n) is 18.0. The first-order valence-electron chi connectivity index (χ1n) is 10.3. The average Bonchev–Trinajstić information content (AvgIpc) is 2.68. The maximum atomic E-state index is 13.5. The van der Waals surface area contributed by atoms with Gasteiger partial charge in [-0.25, -0.2) is 4.79 Å². The number of halogens is 6. The molecule has 1 aliphatic rings. The van der Waals surface area contributed by atoms with Crippen molar-refractivity contribution in [3.05, 3.63) is 59.2 Å². The zero-order valence-corrected chi connectivity index (χ0v) is 18.0. The molecule has 0 saturated carbocycles. The summed E-state index contributed by atoms with van der Waals surface area (Å²) < 4.78 is 80.9. The van der Waals surface area contributed by atoms with Gasteiger partial charge in [0, 0.05) is 32.2 Å². The van der Waals surface area contributed by atoms with Crippen LogP contribution < -0.4 is 0 Å². The van der Waals surface area contributed by atoms with Crippen LogP contribution in [0.1, 0.15) is 16.7 Å². The van der Waals surface area contributed by atoms with Crippen LogP contribution in [-0.4, -0.2) is 59.0 Å². The van der Waals surface area contributed by atoms with Gasteiger partial charge in [0.25, 0.3) is 0 Å². The molecule has 1 fully saturated rings. The van der Waals surface area contributed by atoms with E-state index in [0.717, 1.165) is 27.2 Å². The number of benzene rings is 2. The third-order valence-corrected chi connectivity index (χ3v) is 5.96. The molecule has 0 radical (unpaired) electrons. The topological polar surface area (TPSA) is 43.8 Å². The third-order valence-electron chi connectivity index (χ3n) is 5.96. The van der Waals surface area contributed by atoms with Crippen LogP contribution in [-0.2, 0) is 6.54 Å². The highest BCUT2D eigenvalue weighted by Gasteiger charge is 2.62. The molecule has 1 aliphatic heterocycles. The molecule has 1 unspecified atom stereocenters. The average molecular weight is 474 g/mol.